The molecule has 5 atom stereocenters. The van der Waals surface area contributed by atoms with Gasteiger partial charge in [-0.3, -0.25) is 9.69 Å². The molecule has 1 amide bonds. The zero-order valence-corrected chi connectivity index (χ0v) is 22.0. The molecule has 2 saturated heterocycles. The summed E-state index contributed by atoms with van der Waals surface area (Å²) in [6.07, 6.45) is -0.436. The van der Waals surface area contributed by atoms with E-state index in [9.17, 15) is 15.2 Å². The third-order valence-electron chi connectivity index (χ3n) is 7.58. The summed E-state index contributed by atoms with van der Waals surface area (Å²) in [5, 5.41) is 32.4. The first-order valence-electron chi connectivity index (χ1n) is 12.1. The summed E-state index contributed by atoms with van der Waals surface area (Å²) < 4.78 is 31.2. The third-order valence-corrected chi connectivity index (χ3v) is 8.11. The summed E-state index contributed by atoms with van der Waals surface area (Å²) in [5.41, 5.74) is -1.85. The summed E-state index contributed by atoms with van der Waals surface area (Å²) in [6.45, 7) is 4.04. The molecule has 198 valence electrons. The van der Waals surface area contributed by atoms with E-state index in [1.54, 1.807) is 6.07 Å². The van der Waals surface area contributed by atoms with E-state index in [0.29, 0.717) is 13.0 Å². The van der Waals surface area contributed by atoms with Crippen molar-refractivity contribution in [3.8, 4) is 6.07 Å². The summed E-state index contributed by atoms with van der Waals surface area (Å²) in [5.74, 6) is -3.06. The van der Waals surface area contributed by atoms with Crippen molar-refractivity contribution in [2.24, 2.45) is 5.41 Å². The largest absolute Gasteiger partial charge is 0.394 e. The molecule has 0 aromatic heterocycles. The number of nitriles is 1. The van der Waals surface area contributed by atoms with Crippen molar-refractivity contribution < 1.29 is 23.8 Å². The topological polar surface area (TPSA) is 96.6 Å². The number of hydrogen-bond acceptors (Lipinski definition) is 5. The molecule has 2 aromatic rings. The molecule has 0 aliphatic carbocycles. The zero-order valence-electron chi connectivity index (χ0n) is 20.5. The number of benzene rings is 2. The van der Waals surface area contributed by atoms with E-state index in [1.807, 2.05) is 18.7 Å². The van der Waals surface area contributed by atoms with Gasteiger partial charge in [0.15, 0.2) is 0 Å². The van der Waals surface area contributed by atoms with Gasteiger partial charge in [-0.15, -0.1) is 0 Å². The Morgan fingerprint density at radius 2 is 2.03 bits per heavy atom. The van der Waals surface area contributed by atoms with Crippen LogP contribution in [0, 0.1) is 28.4 Å². The summed E-state index contributed by atoms with van der Waals surface area (Å²) in [4.78, 5) is 15.6. The van der Waals surface area contributed by atoms with E-state index < -0.39 is 53.7 Å². The molecule has 0 unspecified atom stereocenters. The molecule has 4 rings (SSSR count). The lowest BCUT2D eigenvalue weighted by Gasteiger charge is -2.36. The fourth-order valence-electron chi connectivity index (χ4n) is 6.08. The number of aliphatic hydroxyl groups is 2. The first kappa shape index (κ1) is 27.7. The van der Waals surface area contributed by atoms with Gasteiger partial charge in [-0.1, -0.05) is 55.2 Å². The minimum Gasteiger partial charge on any atom is -0.394 e. The Balaban J connectivity index is 1.93. The number of nitrogens with one attached hydrogen (secondary N) is 1. The molecular formula is C27H29Cl2F2N3O3. The van der Waals surface area contributed by atoms with Gasteiger partial charge in [0.25, 0.3) is 0 Å². The number of aliphatic hydroxyl groups excluding tert-OH is 2. The maximum Gasteiger partial charge on any atom is 0.238 e. The summed E-state index contributed by atoms with van der Waals surface area (Å²) in [7, 11) is 0. The van der Waals surface area contributed by atoms with Crippen LogP contribution in [0.2, 0.25) is 10.0 Å². The lowest BCUT2D eigenvalue weighted by molar-refractivity contribution is -0.126. The first-order chi connectivity index (χ1) is 17.5. The Labute approximate surface area is 224 Å². The van der Waals surface area contributed by atoms with Crippen LogP contribution in [0.3, 0.4) is 0 Å². The minimum atomic E-state index is -1.64. The maximum absolute atomic E-state index is 15.6. The highest BCUT2D eigenvalue weighted by molar-refractivity contribution is 6.31. The molecule has 6 nitrogen and oxygen atoms in total. The van der Waals surface area contributed by atoms with Crippen molar-refractivity contribution >= 4 is 29.1 Å². The quantitative estimate of drug-likeness (QED) is 0.480. The van der Waals surface area contributed by atoms with Crippen LogP contribution in [0.25, 0.3) is 0 Å². The van der Waals surface area contributed by atoms with Crippen LogP contribution in [0.15, 0.2) is 36.4 Å². The molecule has 2 heterocycles. The molecule has 3 N–H and O–H groups in total. The van der Waals surface area contributed by atoms with E-state index in [4.69, 9.17) is 28.3 Å². The van der Waals surface area contributed by atoms with Gasteiger partial charge < -0.3 is 15.5 Å². The highest BCUT2D eigenvalue weighted by atomic mass is 35.5. The van der Waals surface area contributed by atoms with Gasteiger partial charge in [-0.05, 0) is 42.0 Å². The fourth-order valence-corrected chi connectivity index (χ4v) is 6.42. The number of rotatable bonds is 7. The highest BCUT2D eigenvalue weighted by Gasteiger charge is 2.67. The second-order valence-electron chi connectivity index (χ2n) is 10.6. The monoisotopic (exact) mass is 551 g/mol. The molecule has 2 fully saturated rings. The molecule has 0 bridgehead atoms. The van der Waals surface area contributed by atoms with Gasteiger partial charge in [0, 0.05) is 35.6 Å². The van der Waals surface area contributed by atoms with Crippen LogP contribution in [0.1, 0.15) is 43.7 Å². The molecule has 0 saturated carbocycles. The van der Waals surface area contributed by atoms with Gasteiger partial charge in [0.2, 0.25) is 5.91 Å². The normalized spacial score (nSPS) is 27.5. The Morgan fingerprint density at radius 1 is 1.30 bits per heavy atom. The molecule has 2 aromatic carbocycles. The van der Waals surface area contributed by atoms with E-state index in [0.717, 1.165) is 6.07 Å². The molecular weight excluding hydrogens is 523 g/mol. The minimum absolute atomic E-state index is 0.0440. The summed E-state index contributed by atoms with van der Waals surface area (Å²) >= 11 is 12.2. The Bertz CT molecular complexity index is 1240. The maximum atomic E-state index is 15.6. The second kappa shape index (κ2) is 10.5. The van der Waals surface area contributed by atoms with Gasteiger partial charge in [0.05, 0.1) is 29.8 Å². The molecule has 10 heteroatoms. The number of carbonyl (C=O) groups excluding carboxylic acids is 1. The number of amides is 1. The van der Waals surface area contributed by atoms with Crippen LogP contribution < -0.4 is 5.32 Å². The van der Waals surface area contributed by atoms with Gasteiger partial charge >= 0.3 is 0 Å². The van der Waals surface area contributed by atoms with E-state index in [-0.39, 0.29) is 39.6 Å². The molecule has 0 radical (unpaired) electrons. The fraction of sp³-hybridized carbons (Fsp3) is 0.481. The van der Waals surface area contributed by atoms with Crippen molar-refractivity contribution in [1.82, 2.24) is 10.2 Å². The Kier molecular flexibility index (Phi) is 7.85. The highest BCUT2D eigenvalue weighted by Crippen LogP contribution is 2.59. The molecule has 2 aliphatic rings. The van der Waals surface area contributed by atoms with Crippen molar-refractivity contribution in [3.05, 3.63) is 69.2 Å². The lowest BCUT2D eigenvalue weighted by atomic mass is 9.63. The van der Waals surface area contributed by atoms with Crippen LogP contribution in [0.5, 0.6) is 0 Å². The average molecular weight is 552 g/mol. The smallest absolute Gasteiger partial charge is 0.238 e. The zero-order chi connectivity index (χ0) is 27.1. The van der Waals surface area contributed by atoms with Crippen LogP contribution in [-0.2, 0) is 10.2 Å². The van der Waals surface area contributed by atoms with Gasteiger partial charge in [-0.2, -0.15) is 5.26 Å². The lowest BCUT2D eigenvalue weighted by Crippen LogP contribution is -2.47. The third kappa shape index (κ3) is 4.84. The predicted octanol–water partition coefficient (Wildman–Crippen LogP) is 4.16. The van der Waals surface area contributed by atoms with Crippen molar-refractivity contribution in [1.29, 1.82) is 5.26 Å². The number of nitrogens with zero attached hydrogens (tertiary/aromatic N) is 2. The van der Waals surface area contributed by atoms with Crippen molar-refractivity contribution in [2.75, 3.05) is 19.7 Å². The molecule has 0 spiro atoms. The molecule has 37 heavy (non-hydrogen) atoms. The second-order valence-corrected chi connectivity index (χ2v) is 11.5. The van der Waals surface area contributed by atoms with E-state index in [2.05, 4.69) is 11.4 Å². The number of hydrogen-bond donors (Lipinski definition) is 3. The van der Waals surface area contributed by atoms with E-state index in [1.165, 1.54) is 24.3 Å². The predicted molar refractivity (Wildman–Crippen MR) is 136 cm³/mol. The van der Waals surface area contributed by atoms with Crippen LogP contribution in [-0.4, -0.2) is 58.9 Å². The standard InChI is InChI=1S/C27H29Cl2F2N3O3/c1-26(2)11-21-27(13-32,18-7-6-15(28)10-20(18)30)22(17-4-3-5-19(29)23(17)31)24(34(21)14-26)25(37)33-9-8-16(36)12-35/h3-7,10,16,21-22,24,35-36H,8-9,11-12,14H2,1-2H3,(H,33,37)/t16-,21-,22-,24+,27-/m0/s1. The van der Waals surface area contributed by atoms with Gasteiger partial charge in [0.1, 0.15) is 17.0 Å². The number of fused-ring (bicyclic) bond motifs is 1. The SMILES string of the molecule is CC1(C)C[C@@H]2N(C1)[C@@H](C(=O)NCC[C@H](O)CO)[C@H](c1cccc(Cl)c1F)[C@@]2(C#N)c1ccc(Cl)cc1F. The number of carbonyl (C=O) groups is 1. The average Bonchev–Trinajstić information content (AvgIpc) is 3.29. The summed E-state index contributed by atoms with van der Waals surface area (Å²) in [6, 6.07) is 9.15. The van der Waals surface area contributed by atoms with Crippen LogP contribution in [0.4, 0.5) is 8.78 Å². The van der Waals surface area contributed by atoms with Crippen LogP contribution >= 0.6 is 23.2 Å². The number of halogens is 4. The Hall–Kier alpha value is -2.28. The van der Waals surface area contributed by atoms with Crippen molar-refractivity contribution in [3.63, 3.8) is 0 Å². The molecule has 2 aliphatic heterocycles. The van der Waals surface area contributed by atoms with Crippen molar-refractivity contribution in [2.45, 2.75) is 56.2 Å². The Morgan fingerprint density at radius 3 is 2.68 bits per heavy atom. The first-order valence-corrected chi connectivity index (χ1v) is 12.9. The van der Waals surface area contributed by atoms with E-state index >= 15 is 8.78 Å². The van der Waals surface area contributed by atoms with Gasteiger partial charge in [-0.25, -0.2) is 8.78 Å².